The summed E-state index contributed by atoms with van der Waals surface area (Å²) < 4.78 is 53.5. The Morgan fingerprint density at radius 2 is 1.20 bits per heavy atom. The van der Waals surface area contributed by atoms with E-state index in [0.717, 1.165) is 11.6 Å². The molecule has 0 radical (unpaired) electrons. The van der Waals surface area contributed by atoms with Crippen LogP contribution in [0.4, 0.5) is 17.6 Å². The molecule has 1 atom stereocenters. The summed E-state index contributed by atoms with van der Waals surface area (Å²) in [6.45, 7) is 14.9. The van der Waals surface area contributed by atoms with E-state index >= 15 is 0 Å². The lowest BCUT2D eigenvalue weighted by Gasteiger charge is -2.08. The van der Waals surface area contributed by atoms with Crippen LogP contribution in [0.3, 0.4) is 0 Å². The van der Waals surface area contributed by atoms with Gasteiger partial charge < -0.3 is 4.74 Å². The highest BCUT2D eigenvalue weighted by Crippen LogP contribution is 2.31. The summed E-state index contributed by atoms with van der Waals surface area (Å²) in [5.74, 6) is 0.530. The zero-order chi connectivity index (χ0) is 33.0. The van der Waals surface area contributed by atoms with Crippen molar-refractivity contribution in [1.82, 2.24) is 0 Å². The van der Waals surface area contributed by atoms with E-state index in [1.54, 1.807) is 24.3 Å². The third-order valence-electron chi connectivity index (χ3n) is 6.20. The van der Waals surface area contributed by atoms with Gasteiger partial charge >= 0.3 is 6.18 Å². The molecule has 1 aliphatic carbocycles. The molecule has 4 aromatic rings. The van der Waals surface area contributed by atoms with Crippen molar-refractivity contribution >= 4 is 6.08 Å². The van der Waals surface area contributed by atoms with Crippen molar-refractivity contribution in [3.8, 4) is 5.75 Å². The average Bonchev–Trinajstić information content (AvgIpc) is 3.47. The SMILES string of the molecule is C=Cc1ccccc1OC(C)F.CC1=CC=CC1.Cc1ccccc1.Cc1ccccc1C.Cc1ccccc1C(F)(F)F. The first-order valence-corrected chi connectivity index (χ1v) is 14.4. The summed E-state index contributed by atoms with van der Waals surface area (Å²) in [5, 5.41) is 0. The quantitative estimate of drug-likeness (QED) is 0.211. The van der Waals surface area contributed by atoms with Gasteiger partial charge in [0.2, 0.25) is 6.36 Å². The van der Waals surface area contributed by atoms with Crippen LogP contribution in [0.25, 0.3) is 6.08 Å². The van der Waals surface area contributed by atoms with E-state index in [-0.39, 0.29) is 5.56 Å². The molecule has 5 heteroatoms. The molecule has 0 spiro atoms. The minimum Gasteiger partial charge on any atom is -0.460 e. The van der Waals surface area contributed by atoms with Crippen LogP contribution in [-0.2, 0) is 6.18 Å². The fraction of sp³-hybridized carbons (Fsp3) is 0.231. The van der Waals surface area contributed by atoms with Gasteiger partial charge in [0.1, 0.15) is 5.75 Å². The predicted octanol–water partition coefficient (Wildman–Crippen LogP) is 12.2. The topological polar surface area (TPSA) is 9.23 Å². The molecule has 0 fully saturated rings. The standard InChI is InChI=1S/C10H11FO.C8H7F3.C8H10.C7H8.C6H8/c1-3-9-6-4-5-7-10(9)12-8(2)11;1-6-4-2-3-5-7(6)8(9,10)11;1-7-5-3-4-6-8(7)2;1-7-5-3-2-4-6-7;1-6-4-2-3-5-6/h3-8H,1H2,2H3;2-5H,1H3;3-6H,1-2H3;2-6H,1H3;2-4H,5H2,1H3. The van der Waals surface area contributed by atoms with Gasteiger partial charge in [0, 0.05) is 12.5 Å². The largest absolute Gasteiger partial charge is 0.460 e. The molecule has 4 aromatic carbocycles. The normalized spacial score (nSPS) is 11.8. The molecule has 0 aliphatic heterocycles. The highest BCUT2D eigenvalue weighted by Gasteiger charge is 2.31. The maximum atomic E-state index is 12.4. The van der Waals surface area contributed by atoms with E-state index < -0.39 is 18.1 Å². The van der Waals surface area contributed by atoms with Crippen molar-refractivity contribution in [2.45, 2.75) is 60.5 Å². The Morgan fingerprint density at radius 1 is 0.705 bits per heavy atom. The maximum Gasteiger partial charge on any atom is 0.416 e. The first-order chi connectivity index (χ1) is 20.8. The zero-order valence-electron chi connectivity index (χ0n) is 26.5. The first kappa shape index (κ1) is 37.6. The third kappa shape index (κ3) is 16.3. The number of aryl methyl sites for hydroxylation is 4. The second kappa shape index (κ2) is 20.5. The van der Waals surface area contributed by atoms with Crippen LogP contribution in [0.15, 0.2) is 134 Å². The van der Waals surface area contributed by atoms with Crippen molar-refractivity contribution in [3.63, 3.8) is 0 Å². The molecule has 0 saturated heterocycles. The van der Waals surface area contributed by atoms with Crippen LogP contribution < -0.4 is 4.74 Å². The molecule has 0 amide bonds. The maximum absolute atomic E-state index is 12.4. The molecule has 0 N–H and O–H groups in total. The number of hydrogen-bond donors (Lipinski definition) is 0. The van der Waals surface area contributed by atoms with Crippen molar-refractivity contribution in [2.75, 3.05) is 0 Å². The third-order valence-corrected chi connectivity index (χ3v) is 6.20. The number of allylic oxidation sites excluding steroid dienone is 4. The lowest BCUT2D eigenvalue weighted by Crippen LogP contribution is -2.06. The highest BCUT2D eigenvalue weighted by atomic mass is 19.4. The monoisotopic (exact) mass is 604 g/mol. The highest BCUT2D eigenvalue weighted by molar-refractivity contribution is 5.55. The molecule has 0 bridgehead atoms. The van der Waals surface area contributed by atoms with Crippen molar-refractivity contribution in [2.24, 2.45) is 0 Å². The summed E-state index contributed by atoms with van der Waals surface area (Å²) in [4.78, 5) is 0. The number of halogens is 4. The molecule has 1 nitrogen and oxygen atoms in total. The van der Waals surface area contributed by atoms with Crippen LogP contribution in [0.2, 0.25) is 0 Å². The predicted molar refractivity (Wildman–Crippen MR) is 179 cm³/mol. The molecular formula is C39H44F4O. The van der Waals surface area contributed by atoms with E-state index in [9.17, 15) is 17.6 Å². The van der Waals surface area contributed by atoms with Crippen LogP contribution in [0.1, 0.15) is 53.6 Å². The van der Waals surface area contributed by atoms with E-state index in [1.165, 1.54) is 54.7 Å². The van der Waals surface area contributed by atoms with Gasteiger partial charge in [-0.2, -0.15) is 13.2 Å². The minimum absolute atomic E-state index is 0.264. The molecule has 234 valence electrons. The number of ether oxygens (including phenoxy) is 1. The molecule has 0 heterocycles. The van der Waals surface area contributed by atoms with Crippen molar-refractivity contribution < 1.29 is 22.3 Å². The summed E-state index contributed by atoms with van der Waals surface area (Å²) in [6.07, 6.45) is 3.69. The second-order valence-corrected chi connectivity index (χ2v) is 10.1. The number of para-hydroxylation sites is 1. The van der Waals surface area contributed by atoms with Crippen molar-refractivity contribution in [1.29, 1.82) is 0 Å². The molecule has 5 rings (SSSR count). The smallest absolute Gasteiger partial charge is 0.416 e. The van der Waals surface area contributed by atoms with E-state index in [0.29, 0.717) is 5.75 Å². The zero-order valence-corrected chi connectivity index (χ0v) is 26.5. The number of hydrogen-bond acceptors (Lipinski definition) is 1. The minimum atomic E-state index is -4.22. The number of benzene rings is 4. The van der Waals surface area contributed by atoms with Gasteiger partial charge in [0.15, 0.2) is 0 Å². The Hall–Kier alpha value is -4.38. The molecular weight excluding hydrogens is 560 g/mol. The van der Waals surface area contributed by atoms with Gasteiger partial charge in [-0.15, -0.1) is 0 Å². The number of rotatable bonds is 3. The molecule has 1 aliphatic rings. The molecule has 1 unspecified atom stereocenters. The van der Waals surface area contributed by atoms with Gasteiger partial charge in [-0.1, -0.05) is 133 Å². The Bertz CT molecular complexity index is 1410. The van der Waals surface area contributed by atoms with Gasteiger partial charge in [-0.05, 0) is 69.9 Å². The van der Waals surface area contributed by atoms with Gasteiger partial charge in [0.05, 0.1) is 5.56 Å². The van der Waals surface area contributed by atoms with Gasteiger partial charge in [-0.25, -0.2) is 4.39 Å². The summed E-state index contributed by atoms with van der Waals surface area (Å²) in [7, 11) is 0. The molecule has 44 heavy (non-hydrogen) atoms. The van der Waals surface area contributed by atoms with E-state index in [2.05, 4.69) is 88.9 Å². The Labute approximate surface area is 261 Å². The lowest BCUT2D eigenvalue weighted by atomic mass is 10.1. The van der Waals surface area contributed by atoms with Crippen LogP contribution in [-0.4, -0.2) is 6.36 Å². The summed E-state index contributed by atoms with van der Waals surface area (Å²) >= 11 is 0. The second-order valence-electron chi connectivity index (χ2n) is 10.1. The van der Waals surface area contributed by atoms with Crippen molar-refractivity contribution in [3.05, 3.63) is 167 Å². The van der Waals surface area contributed by atoms with Gasteiger partial charge in [0.25, 0.3) is 0 Å². The Morgan fingerprint density at radius 3 is 1.55 bits per heavy atom. The summed E-state index contributed by atoms with van der Waals surface area (Å²) in [6, 6.07) is 31.3. The number of alkyl halides is 4. The van der Waals surface area contributed by atoms with E-state index in [1.807, 2.05) is 30.3 Å². The molecule has 0 aromatic heterocycles. The Kier molecular flexibility index (Phi) is 17.5. The lowest BCUT2D eigenvalue weighted by molar-refractivity contribution is -0.138. The van der Waals surface area contributed by atoms with Crippen LogP contribution in [0.5, 0.6) is 5.75 Å². The summed E-state index contributed by atoms with van der Waals surface area (Å²) in [5.41, 5.74) is 6.04. The average molecular weight is 605 g/mol. The van der Waals surface area contributed by atoms with Crippen LogP contribution in [0, 0.1) is 27.7 Å². The molecule has 0 saturated carbocycles. The fourth-order valence-corrected chi connectivity index (χ4v) is 3.57. The van der Waals surface area contributed by atoms with Gasteiger partial charge in [-0.3, -0.25) is 0 Å². The van der Waals surface area contributed by atoms with E-state index in [4.69, 9.17) is 4.74 Å². The first-order valence-electron chi connectivity index (χ1n) is 14.4. The fourth-order valence-electron chi connectivity index (χ4n) is 3.57. The van der Waals surface area contributed by atoms with Crippen LogP contribution >= 0.6 is 0 Å². The Balaban J connectivity index is 0.000000281.